The van der Waals surface area contributed by atoms with Crippen molar-refractivity contribution in [3.8, 4) is 17.3 Å². The summed E-state index contributed by atoms with van der Waals surface area (Å²) < 4.78 is 12.9. The average molecular weight is 367 g/mol. The Labute approximate surface area is 154 Å². The molecule has 4 rings (SSSR count). The third-order valence-electron chi connectivity index (χ3n) is 3.82. The van der Waals surface area contributed by atoms with Crippen molar-refractivity contribution < 1.29 is 8.94 Å². The van der Waals surface area contributed by atoms with Gasteiger partial charge in [-0.2, -0.15) is 4.98 Å². The summed E-state index contributed by atoms with van der Waals surface area (Å²) >= 11 is 1.51. The Morgan fingerprint density at radius 3 is 2.65 bits per heavy atom. The predicted octanol–water partition coefficient (Wildman–Crippen LogP) is 4.33. The van der Waals surface area contributed by atoms with Gasteiger partial charge in [-0.25, -0.2) is 0 Å². The summed E-state index contributed by atoms with van der Waals surface area (Å²) in [6, 6.07) is 13.6. The van der Waals surface area contributed by atoms with Crippen molar-refractivity contribution in [3.63, 3.8) is 0 Å². The molecule has 0 radical (unpaired) electrons. The van der Waals surface area contributed by atoms with Gasteiger partial charge in [-0.1, -0.05) is 42.0 Å². The van der Waals surface area contributed by atoms with Crippen molar-refractivity contribution >= 4 is 11.8 Å². The highest BCUT2D eigenvalue weighted by molar-refractivity contribution is 7.99. The lowest BCUT2D eigenvalue weighted by Crippen LogP contribution is -2.00. The van der Waals surface area contributed by atoms with E-state index in [2.05, 4.69) is 20.3 Å². The van der Waals surface area contributed by atoms with Gasteiger partial charge >= 0.3 is 0 Å². The fourth-order valence-corrected chi connectivity index (χ4v) is 3.40. The second kappa shape index (κ2) is 7.17. The van der Waals surface area contributed by atoms with Crippen LogP contribution < -0.4 is 0 Å². The molecular formula is C18H17N5O2S. The van der Waals surface area contributed by atoms with Crippen LogP contribution in [-0.4, -0.2) is 24.9 Å². The number of rotatable bonds is 6. The molecule has 0 N–H and O–H groups in total. The first kappa shape index (κ1) is 16.6. The fourth-order valence-electron chi connectivity index (χ4n) is 2.51. The number of hydrogen-bond donors (Lipinski definition) is 0. The molecule has 0 amide bonds. The van der Waals surface area contributed by atoms with Crippen LogP contribution in [0.2, 0.25) is 0 Å². The number of para-hydroxylation sites is 1. The van der Waals surface area contributed by atoms with Crippen molar-refractivity contribution in [2.24, 2.45) is 0 Å². The van der Waals surface area contributed by atoms with E-state index in [0.29, 0.717) is 23.3 Å². The van der Waals surface area contributed by atoms with Gasteiger partial charge < -0.3 is 8.94 Å². The third kappa shape index (κ3) is 3.15. The first-order valence-corrected chi connectivity index (χ1v) is 9.18. The molecule has 8 heteroatoms. The molecule has 3 heterocycles. The molecule has 0 aliphatic rings. The van der Waals surface area contributed by atoms with Gasteiger partial charge in [-0.3, -0.25) is 4.57 Å². The van der Waals surface area contributed by atoms with Crippen LogP contribution in [0.5, 0.6) is 0 Å². The lowest BCUT2D eigenvalue weighted by atomic mass is 10.3. The van der Waals surface area contributed by atoms with Crippen LogP contribution in [0.15, 0.2) is 62.8 Å². The molecule has 0 saturated carbocycles. The lowest BCUT2D eigenvalue weighted by molar-refractivity contribution is 0.375. The van der Waals surface area contributed by atoms with Crippen molar-refractivity contribution in [1.29, 1.82) is 0 Å². The Morgan fingerprint density at radius 1 is 1.12 bits per heavy atom. The summed E-state index contributed by atoms with van der Waals surface area (Å²) in [4.78, 5) is 4.41. The van der Waals surface area contributed by atoms with E-state index in [4.69, 9.17) is 8.94 Å². The highest BCUT2D eigenvalue weighted by Crippen LogP contribution is 2.36. The molecule has 1 aromatic carbocycles. The monoisotopic (exact) mass is 367 g/mol. The fraction of sp³-hybridized carbons (Fsp3) is 0.222. The minimum Gasteiger partial charge on any atom is -0.461 e. The molecular weight excluding hydrogens is 350 g/mol. The predicted molar refractivity (Wildman–Crippen MR) is 97.0 cm³/mol. The van der Waals surface area contributed by atoms with E-state index in [0.717, 1.165) is 17.3 Å². The highest BCUT2D eigenvalue weighted by Gasteiger charge is 2.22. The van der Waals surface area contributed by atoms with Gasteiger partial charge in [0.25, 0.3) is 0 Å². The third-order valence-corrected chi connectivity index (χ3v) is 4.85. The Hall–Kier alpha value is -2.87. The number of thioether (sulfide) groups is 1. The minimum atomic E-state index is -0.0566. The number of aryl methyl sites for hydroxylation is 1. The van der Waals surface area contributed by atoms with Crippen LogP contribution in [0.3, 0.4) is 0 Å². The summed E-state index contributed by atoms with van der Waals surface area (Å²) in [5.74, 6) is 2.59. The lowest BCUT2D eigenvalue weighted by Gasteiger charge is -2.10. The zero-order chi connectivity index (χ0) is 17.9. The van der Waals surface area contributed by atoms with Gasteiger partial charge in [0.15, 0.2) is 16.7 Å². The van der Waals surface area contributed by atoms with Gasteiger partial charge in [0.1, 0.15) is 0 Å². The zero-order valence-corrected chi connectivity index (χ0v) is 15.2. The Bertz CT molecular complexity index is 978. The van der Waals surface area contributed by atoms with Crippen LogP contribution in [-0.2, 0) is 6.42 Å². The number of furan rings is 1. The van der Waals surface area contributed by atoms with Gasteiger partial charge in [-0.05, 0) is 31.2 Å². The van der Waals surface area contributed by atoms with Crippen LogP contribution in [0.25, 0.3) is 17.3 Å². The van der Waals surface area contributed by atoms with Crippen molar-refractivity contribution in [3.05, 3.63) is 60.4 Å². The Kier molecular flexibility index (Phi) is 4.57. The highest BCUT2D eigenvalue weighted by atomic mass is 32.2. The van der Waals surface area contributed by atoms with Crippen molar-refractivity contribution in [2.75, 3.05) is 0 Å². The zero-order valence-electron chi connectivity index (χ0n) is 14.4. The van der Waals surface area contributed by atoms with E-state index < -0.39 is 0 Å². The van der Waals surface area contributed by atoms with Gasteiger partial charge in [0, 0.05) is 12.1 Å². The van der Waals surface area contributed by atoms with Crippen molar-refractivity contribution in [1.82, 2.24) is 24.9 Å². The van der Waals surface area contributed by atoms with Crippen LogP contribution in [0.1, 0.15) is 30.8 Å². The van der Waals surface area contributed by atoms with E-state index in [9.17, 15) is 0 Å². The molecule has 0 bridgehead atoms. The largest absolute Gasteiger partial charge is 0.461 e. The molecule has 1 unspecified atom stereocenters. The first-order valence-electron chi connectivity index (χ1n) is 8.30. The van der Waals surface area contributed by atoms with Gasteiger partial charge in [0.2, 0.25) is 11.7 Å². The van der Waals surface area contributed by atoms with E-state index in [1.807, 2.05) is 60.9 Å². The maximum Gasteiger partial charge on any atom is 0.239 e. The molecule has 0 aliphatic carbocycles. The summed E-state index contributed by atoms with van der Waals surface area (Å²) in [6.45, 7) is 4.00. The SMILES string of the molecule is CCc1noc(C(C)Sc2nnc(-c3ccco3)n2-c2ccccc2)n1. The molecule has 3 aromatic heterocycles. The number of nitrogens with zero attached hydrogens (tertiary/aromatic N) is 5. The van der Waals surface area contributed by atoms with Crippen LogP contribution >= 0.6 is 11.8 Å². The smallest absolute Gasteiger partial charge is 0.239 e. The van der Waals surface area contributed by atoms with Gasteiger partial charge in [-0.15, -0.1) is 10.2 Å². The summed E-state index contributed by atoms with van der Waals surface area (Å²) in [6.07, 6.45) is 2.36. The quantitative estimate of drug-likeness (QED) is 0.469. The molecule has 7 nitrogen and oxygen atoms in total. The van der Waals surface area contributed by atoms with Crippen LogP contribution in [0, 0.1) is 0 Å². The van der Waals surface area contributed by atoms with E-state index in [-0.39, 0.29) is 5.25 Å². The second-order valence-corrected chi connectivity index (χ2v) is 6.92. The number of hydrogen-bond acceptors (Lipinski definition) is 7. The molecule has 1 atom stereocenters. The maximum atomic E-state index is 5.53. The standard InChI is InChI=1S/C18H17N5O2S/c1-3-15-19-17(25-22-15)12(2)26-18-21-20-16(14-10-7-11-24-14)23(18)13-8-5-4-6-9-13/h4-12H,3H2,1-2H3. The van der Waals surface area contributed by atoms with E-state index in [1.165, 1.54) is 11.8 Å². The normalized spacial score (nSPS) is 12.4. The Morgan fingerprint density at radius 2 is 1.96 bits per heavy atom. The first-order chi connectivity index (χ1) is 12.8. The Balaban J connectivity index is 1.72. The number of aromatic nitrogens is 5. The summed E-state index contributed by atoms with van der Waals surface area (Å²) in [7, 11) is 0. The number of benzene rings is 1. The topological polar surface area (TPSA) is 82.8 Å². The molecule has 132 valence electrons. The van der Waals surface area contributed by atoms with Crippen LogP contribution in [0.4, 0.5) is 0 Å². The average Bonchev–Trinajstić information content (AvgIpc) is 3.42. The van der Waals surface area contributed by atoms with Gasteiger partial charge in [0.05, 0.1) is 11.5 Å². The molecule has 0 fully saturated rings. The molecule has 4 aromatic rings. The second-order valence-electron chi connectivity index (χ2n) is 5.62. The molecule has 0 saturated heterocycles. The van der Waals surface area contributed by atoms with Crippen molar-refractivity contribution in [2.45, 2.75) is 30.7 Å². The van der Waals surface area contributed by atoms with E-state index in [1.54, 1.807) is 6.26 Å². The molecule has 26 heavy (non-hydrogen) atoms. The van der Waals surface area contributed by atoms with E-state index >= 15 is 0 Å². The summed E-state index contributed by atoms with van der Waals surface area (Å²) in [5.41, 5.74) is 0.957. The summed E-state index contributed by atoms with van der Waals surface area (Å²) in [5, 5.41) is 13.3. The maximum absolute atomic E-state index is 5.53. The molecule has 0 aliphatic heterocycles. The molecule has 0 spiro atoms. The minimum absolute atomic E-state index is 0.0566.